The minimum atomic E-state index is -3.38. The lowest BCUT2D eigenvalue weighted by molar-refractivity contribution is -0.0462. The summed E-state index contributed by atoms with van der Waals surface area (Å²) in [5.74, 6) is -3.37. The molecule has 0 heterocycles. The van der Waals surface area contributed by atoms with Crippen molar-refractivity contribution >= 4 is 5.91 Å². The lowest BCUT2D eigenvalue weighted by atomic mass is 10.1. The first kappa shape index (κ1) is 17.0. The maximum Gasteiger partial charge on any atom is 0.287 e. The molecule has 0 saturated heterocycles. The zero-order valence-electron chi connectivity index (χ0n) is 11.9. The predicted molar refractivity (Wildman–Crippen MR) is 70.5 cm³/mol. The molecule has 0 atom stereocenters. The van der Waals surface area contributed by atoms with Crippen LogP contribution >= 0.6 is 0 Å². The number of nitrogens with one attached hydrogen (secondary N) is 1. The molecule has 1 aromatic carbocycles. The molecule has 0 saturated carbocycles. The first-order valence-electron chi connectivity index (χ1n) is 5.95. The van der Waals surface area contributed by atoms with Gasteiger partial charge in [-0.15, -0.1) is 0 Å². The van der Waals surface area contributed by atoms with Gasteiger partial charge < -0.3 is 24.6 Å². The Labute approximate surface area is 120 Å². The number of methoxy groups -OCH3 is 3. The lowest BCUT2D eigenvalue weighted by Gasteiger charge is -2.16. The van der Waals surface area contributed by atoms with E-state index >= 15 is 0 Å². The first-order chi connectivity index (χ1) is 9.88. The lowest BCUT2D eigenvalue weighted by Crippen LogP contribution is -2.39. The molecule has 1 rings (SSSR count). The van der Waals surface area contributed by atoms with Crippen LogP contribution in [0.4, 0.5) is 8.78 Å². The van der Waals surface area contributed by atoms with Gasteiger partial charge in [0.25, 0.3) is 11.8 Å². The number of ether oxygens (including phenoxy) is 3. The molecule has 8 heteroatoms. The number of hydrogen-bond donors (Lipinski definition) is 2. The third-order valence-corrected chi connectivity index (χ3v) is 2.67. The molecule has 0 radical (unpaired) electrons. The molecular formula is C13H17F2NO5. The summed E-state index contributed by atoms with van der Waals surface area (Å²) in [5.41, 5.74) is 0.0678. The summed E-state index contributed by atoms with van der Waals surface area (Å²) in [6, 6.07) is 2.68. The number of alkyl halides is 2. The van der Waals surface area contributed by atoms with E-state index in [1.54, 1.807) is 0 Å². The second-order valence-electron chi connectivity index (χ2n) is 4.11. The molecule has 21 heavy (non-hydrogen) atoms. The van der Waals surface area contributed by atoms with Crippen molar-refractivity contribution in [1.29, 1.82) is 0 Å². The average Bonchev–Trinajstić information content (AvgIpc) is 2.50. The van der Waals surface area contributed by atoms with Gasteiger partial charge in [0, 0.05) is 5.56 Å². The number of aliphatic hydroxyl groups is 1. The molecule has 6 nitrogen and oxygen atoms in total. The highest BCUT2D eigenvalue weighted by Gasteiger charge is 2.28. The van der Waals surface area contributed by atoms with E-state index in [4.69, 9.17) is 19.3 Å². The SMILES string of the molecule is COc1cc(C(=O)NCC(F)(F)CO)cc(OC)c1OC. The van der Waals surface area contributed by atoms with Crippen molar-refractivity contribution < 1.29 is 32.9 Å². The normalized spacial score (nSPS) is 11.0. The third-order valence-electron chi connectivity index (χ3n) is 2.67. The van der Waals surface area contributed by atoms with Gasteiger partial charge in [-0.25, -0.2) is 8.78 Å². The van der Waals surface area contributed by atoms with Crippen molar-refractivity contribution in [2.75, 3.05) is 34.5 Å². The van der Waals surface area contributed by atoms with E-state index < -0.39 is 25.0 Å². The summed E-state index contributed by atoms with van der Waals surface area (Å²) < 4.78 is 41.0. The zero-order valence-corrected chi connectivity index (χ0v) is 11.9. The number of benzene rings is 1. The van der Waals surface area contributed by atoms with Crippen LogP contribution in [0.3, 0.4) is 0 Å². The maximum absolute atomic E-state index is 12.9. The van der Waals surface area contributed by atoms with Crippen LogP contribution < -0.4 is 19.5 Å². The van der Waals surface area contributed by atoms with Crippen molar-refractivity contribution in [2.24, 2.45) is 0 Å². The molecule has 0 aliphatic heterocycles. The Balaban J connectivity index is 3.00. The van der Waals surface area contributed by atoms with Crippen LogP contribution in [0.15, 0.2) is 12.1 Å². The van der Waals surface area contributed by atoms with Gasteiger partial charge in [-0.05, 0) is 12.1 Å². The highest BCUT2D eigenvalue weighted by molar-refractivity contribution is 5.95. The fourth-order valence-corrected chi connectivity index (χ4v) is 1.58. The van der Waals surface area contributed by atoms with Gasteiger partial charge in [0.2, 0.25) is 5.75 Å². The summed E-state index contributed by atoms with van der Waals surface area (Å²) >= 11 is 0. The molecule has 0 unspecified atom stereocenters. The third kappa shape index (κ3) is 4.19. The summed E-state index contributed by atoms with van der Waals surface area (Å²) in [7, 11) is 4.15. The Bertz CT molecular complexity index is 482. The largest absolute Gasteiger partial charge is 0.493 e. The van der Waals surface area contributed by atoms with Crippen molar-refractivity contribution in [1.82, 2.24) is 5.32 Å². The second-order valence-corrected chi connectivity index (χ2v) is 4.11. The molecule has 0 aliphatic rings. The number of carbonyl (C=O) groups excluding carboxylic acids is 1. The highest BCUT2D eigenvalue weighted by atomic mass is 19.3. The highest BCUT2D eigenvalue weighted by Crippen LogP contribution is 2.38. The van der Waals surface area contributed by atoms with E-state index in [0.29, 0.717) is 0 Å². The van der Waals surface area contributed by atoms with E-state index in [2.05, 4.69) is 0 Å². The van der Waals surface area contributed by atoms with E-state index in [-0.39, 0.29) is 22.8 Å². The van der Waals surface area contributed by atoms with Crippen LogP contribution in [0.25, 0.3) is 0 Å². The number of halogens is 2. The van der Waals surface area contributed by atoms with Gasteiger partial charge in [-0.2, -0.15) is 0 Å². The van der Waals surface area contributed by atoms with Crippen LogP contribution in [-0.2, 0) is 0 Å². The molecule has 1 amide bonds. The molecule has 2 N–H and O–H groups in total. The number of rotatable bonds is 7. The monoisotopic (exact) mass is 305 g/mol. The van der Waals surface area contributed by atoms with Crippen molar-refractivity contribution in [3.8, 4) is 17.2 Å². The average molecular weight is 305 g/mol. The fourth-order valence-electron chi connectivity index (χ4n) is 1.58. The molecule has 1 aromatic rings. The van der Waals surface area contributed by atoms with Gasteiger partial charge in [0.15, 0.2) is 11.5 Å². The van der Waals surface area contributed by atoms with E-state index in [1.807, 2.05) is 5.32 Å². The molecule has 0 aliphatic carbocycles. The molecule has 0 aromatic heterocycles. The molecule has 0 fully saturated rings. The molecule has 0 bridgehead atoms. The summed E-state index contributed by atoms with van der Waals surface area (Å²) in [6.07, 6.45) is 0. The summed E-state index contributed by atoms with van der Waals surface area (Å²) in [6.45, 7) is -2.32. The van der Waals surface area contributed by atoms with Crippen LogP contribution in [0, 0.1) is 0 Å². The topological polar surface area (TPSA) is 77.0 Å². The van der Waals surface area contributed by atoms with Gasteiger partial charge in [0.05, 0.1) is 27.9 Å². The Hall–Kier alpha value is -2.09. The maximum atomic E-state index is 12.9. The van der Waals surface area contributed by atoms with E-state index in [9.17, 15) is 13.6 Å². The van der Waals surface area contributed by atoms with E-state index in [1.165, 1.54) is 33.5 Å². The number of aliphatic hydroxyl groups excluding tert-OH is 1. The summed E-state index contributed by atoms with van der Waals surface area (Å²) in [4.78, 5) is 11.9. The number of hydrogen-bond acceptors (Lipinski definition) is 5. The summed E-state index contributed by atoms with van der Waals surface area (Å²) in [5, 5.41) is 10.5. The minimum absolute atomic E-state index is 0.0678. The van der Waals surface area contributed by atoms with Gasteiger partial charge in [-0.3, -0.25) is 4.79 Å². The zero-order chi connectivity index (χ0) is 16.0. The van der Waals surface area contributed by atoms with Crippen LogP contribution in [0.1, 0.15) is 10.4 Å². The molecule has 118 valence electrons. The molecular weight excluding hydrogens is 288 g/mol. The van der Waals surface area contributed by atoms with Crippen molar-refractivity contribution in [2.45, 2.75) is 5.92 Å². The van der Waals surface area contributed by atoms with Crippen LogP contribution in [-0.4, -0.2) is 51.4 Å². The molecule has 0 spiro atoms. The van der Waals surface area contributed by atoms with E-state index in [0.717, 1.165) is 0 Å². The predicted octanol–water partition coefficient (Wildman–Crippen LogP) is 1.07. The minimum Gasteiger partial charge on any atom is -0.493 e. The fraction of sp³-hybridized carbons (Fsp3) is 0.462. The van der Waals surface area contributed by atoms with Crippen molar-refractivity contribution in [3.05, 3.63) is 17.7 Å². The Kier molecular flexibility index (Phi) is 5.71. The van der Waals surface area contributed by atoms with Gasteiger partial charge in [-0.1, -0.05) is 0 Å². The smallest absolute Gasteiger partial charge is 0.287 e. The van der Waals surface area contributed by atoms with Gasteiger partial charge >= 0.3 is 0 Å². The second kappa shape index (κ2) is 7.07. The first-order valence-corrected chi connectivity index (χ1v) is 5.95. The number of amides is 1. The Morgan fingerprint density at radius 1 is 1.19 bits per heavy atom. The Morgan fingerprint density at radius 2 is 1.71 bits per heavy atom. The Morgan fingerprint density at radius 3 is 2.10 bits per heavy atom. The standard InChI is InChI=1S/C13H17F2NO5/c1-19-9-4-8(5-10(20-2)11(9)21-3)12(18)16-6-13(14,15)7-17/h4-5,17H,6-7H2,1-3H3,(H,16,18). The van der Waals surface area contributed by atoms with Crippen molar-refractivity contribution in [3.63, 3.8) is 0 Å². The van der Waals surface area contributed by atoms with Crippen LogP contribution in [0.5, 0.6) is 17.2 Å². The van der Waals surface area contributed by atoms with Crippen LogP contribution in [0.2, 0.25) is 0 Å². The van der Waals surface area contributed by atoms with Gasteiger partial charge in [0.1, 0.15) is 6.61 Å². The quantitative estimate of drug-likeness (QED) is 0.788. The number of carbonyl (C=O) groups is 1.